The summed E-state index contributed by atoms with van der Waals surface area (Å²) in [6.07, 6.45) is 3.51. The van der Waals surface area contributed by atoms with E-state index >= 15 is 8.78 Å². The van der Waals surface area contributed by atoms with Crippen molar-refractivity contribution in [3.63, 3.8) is 0 Å². The number of ketones is 1. The fourth-order valence-corrected chi connectivity index (χ4v) is 5.82. The van der Waals surface area contributed by atoms with E-state index in [0.29, 0.717) is 69.9 Å². The largest absolute Gasteiger partial charge is 0.473 e. The molecule has 3 aromatic carbocycles. The predicted octanol–water partition coefficient (Wildman–Crippen LogP) is 7.57. The van der Waals surface area contributed by atoms with Gasteiger partial charge in [-0.1, -0.05) is 30.3 Å². The molecule has 0 radical (unpaired) electrons. The molecule has 7 rings (SSSR count). The van der Waals surface area contributed by atoms with Gasteiger partial charge in [0.05, 0.1) is 23.3 Å². The van der Waals surface area contributed by atoms with E-state index in [0.717, 1.165) is 19.3 Å². The Morgan fingerprint density at radius 2 is 1.76 bits per heavy atom. The first kappa shape index (κ1) is 29.7. The van der Waals surface area contributed by atoms with Crippen LogP contribution in [0.25, 0.3) is 22.3 Å². The Hall–Kier alpha value is -4.99. The number of pyridine rings is 1. The highest BCUT2D eigenvalue weighted by Crippen LogP contribution is 2.39. The number of imidazole rings is 1. The topological polar surface area (TPSA) is 83.3 Å². The molecule has 2 heterocycles. The molecule has 2 fully saturated rings. The van der Waals surface area contributed by atoms with Crippen molar-refractivity contribution in [2.75, 3.05) is 0 Å². The van der Waals surface area contributed by atoms with E-state index in [1.807, 2.05) is 0 Å². The van der Waals surface area contributed by atoms with E-state index in [4.69, 9.17) is 9.47 Å². The van der Waals surface area contributed by atoms with Crippen molar-refractivity contribution in [2.45, 2.75) is 57.3 Å². The van der Waals surface area contributed by atoms with Crippen LogP contribution in [0.3, 0.4) is 0 Å². The average molecular weight is 626 g/mol. The summed E-state index contributed by atoms with van der Waals surface area (Å²) in [6, 6.07) is 19.2. The fraction of sp³-hybridized carbons (Fsp3) is 0.278. The number of fused-ring (bicyclic) bond motifs is 1. The van der Waals surface area contributed by atoms with Crippen LogP contribution in [-0.2, 0) is 24.4 Å². The van der Waals surface area contributed by atoms with Crippen LogP contribution >= 0.6 is 0 Å². The number of halogens is 3. The summed E-state index contributed by atoms with van der Waals surface area (Å²) in [5, 5.41) is 0. The highest BCUT2D eigenvalue weighted by molar-refractivity contribution is 5.99. The molecule has 0 atom stereocenters. The lowest BCUT2D eigenvalue weighted by Gasteiger charge is -2.34. The fourth-order valence-electron chi connectivity index (χ4n) is 5.82. The van der Waals surface area contributed by atoms with E-state index in [2.05, 4.69) is 9.97 Å². The van der Waals surface area contributed by atoms with Gasteiger partial charge in [-0.15, -0.1) is 0 Å². The molecule has 5 aromatic rings. The van der Waals surface area contributed by atoms with E-state index in [-0.39, 0.29) is 37.2 Å². The van der Waals surface area contributed by atoms with Crippen LogP contribution in [0, 0.1) is 17.6 Å². The smallest absolute Gasteiger partial charge is 0.298 e. The molecule has 234 valence electrons. The molecule has 7 nitrogen and oxygen atoms in total. The summed E-state index contributed by atoms with van der Waals surface area (Å²) < 4.78 is 58.0. The Labute approximate surface area is 263 Å². The minimum Gasteiger partial charge on any atom is -0.473 e. The van der Waals surface area contributed by atoms with Crippen molar-refractivity contribution in [2.24, 2.45) is 5.92 Å². The van der Waals surface area contributed by atoms with Gasteiger partial charge in [0.1, 0.15) is 35.5 Å². The molecule has 0 spiro atoms. The zero-order chi connectivity index (χ0) is 31.8. The normalized spacial score (nSPS) is 15.4. The molecule has 10 heteroatoms. The lowest BCUT2D eigenvalue weighted by atomic mass is 9.82. The first-order chi connectivity index (χ1) is 22.3. The molecular weight excluding hydrogens is 595 g/mol. The second-order valence-corrected chi connectivity index (χ2v) is 12.1. The number of Topliss-reactive ketones (excluding diaryl/α,β-unsaturated/α-hetero) is 1. The van der Waals surface area contributed by atoms with Gasteiger partial charge in [0.2, 0.25) is 5.88 Å². The third-order valence-corrected chi connectivity index (χ3v) is 8.76. The van der Waals surface area contributed by atoms with E-state index in [1.165, 1.54) is 12.1 Å². The maximum atomic E-state index is 15.6. The van der Waals surface area contributed by atoms with Crippen molar-refractivity contribution in [3.8, 4) is 22.9 Å². The van der Waals surface area contributed by atoms with Crippen LogP contribution in [0.1, 0.15) is 59.4 Å². The van der Waals surface area contributed by atoms with Crippen molar-refractivity contribution in [1.29, 1.82) is 0 Å². The van der Waals surface area contributed by atoms with Gasteiger partial charge < -0.3 is 14.0 Å². The van der Waals surface area contributed by atoms with Gasteiger partial charge in [-0.2, -0.15) is 0 Å². The number of hydrogen-bond donors (Lipinski definition) is 0. The summed E-state index contributed by atoms with van der Waals surface area (Å²) >= 11 is 0. The van der Waals surface area contributed by atoms with Gasteiger partial charge in [-0.3, -0.25) is 9.59 Å². The maximum absolute atomic E-state index is 15.6. The van der Waals surface area contributed by atoms with Crippen molar-refractivity contribution in [3.05, 3.63) is 107 Å². The quantitative estimate of drug-likeness (QED) is 0.105. The molecule has 2 aromatic heterocycles. The van der Waals surface area contributed by atoms with Gasteiger partial charge in [-0.05, 0) is 68.0 Å². The van der Waals surface area contributed by atoms with Crippen LogP contribution in [-0.4, -0.2) is 32.5 Å². The molecule has 0 aliphatic heterocycles. The Bertz CT molecular complexity index is 1970. The van der Waals surface area contributed by atoms with Gasteiger partial charge in [0, 0.05) is 41.2 Å². The van der Waals surface area contributed by atoms with Crippen molar-refractivity contribution < 1.29 is 32.2 Å². The van der Waals surface area contributed by atoms with Crippen molar-refractivity contribution in [1.82, 2.24) is 14.5 Å². The average Bonchev–Trinajstić information content (AvgIpc) is 3.84. The second kappa shape index (κ2) is 12.1. The number of aromatic nitrogens is 3. The number of carbonyl (C=O) groups excluding carboxylic acids is 2. The van der Waals surface area contributed by atoms with Crippen LogP contribution in [0.15, 0.2) is 72.8 Å². The zero-order valence-electron chi connectivity index (χ0n) is 24.8. The van der Waals surface area contributed by atoms with E-state index in [1.54, 1.807) is 65.2 Å². The minimum absolute atomic E-state index is 0.00971. The molecule has 0 unspecified atom stereocenters. The molecule has 0 N–H and O–H groups in total. The number of nitrogens with zero attached hydrogens (tertiary/aromatic N) is 3. The minimum atomic E-state index is -1.37. The standard InChI is InChI=1S/C36H30F3N3O4/c37-28-15-24(30-3-1-4-34(41-30)45-19-26-10-9-25(16-29(26)38)35(44)22-5-6-22)8-7-23(28)17-33-40-31-12-11-27(46-21-43)18-32(31)42(33)20-36(39)13-2-14-36/h1,3-4,7-12,15-16,18,21-22H,2,5-6,13-14,17,19-20H2. The van der Waals surface area contributed by atoms with E-state index in [9.17, 15) is 14.0 Å². The highest BCUT2D eigenvalue weighted by Gasteiger charge is 2.38. The summed E-state index contributed by atoms with van der Waals surface area (Å²) in [6.45, 7) is 0.320. The molecule has 2 saturated carbocycles. The number of carbonyl (C=O) groups is 2. The molecule has 0 amide bonds. The summed E-state index contributed by atoms with van der Waals surface area (Å²) in [5.41, 5.74) is 1.86. The van der Waals surface area contributed by atoms with Crippen LogP contribution in [0.2, 0.25) is 0 Å². The molecule has 0 saturated heterocycles. The predicted molar refractivity (Wildman–Crippen MR) is 164 cm³/mol. The zero-order valence-corrected chi connectivity index (χ0v) is 24.8. The van der Waals surface area contributed by atoms with Crippen LogP contribution in [0.5, 0.6) is 11.6 Å². The molecular formula is C36H30F3N3O4. The number of rotatable bonds is 12. The first-order valence-corrected chi connectivity index (χ1v) is 15.3. The molecule has 0 bridgehead atoms. The number of hydrogen-bond acceptors (Lipinski definition) is 6. The molecule has 2 aliphatic carbocycles. The molecule has 46 heavy (non-hydrogen) atoms. The highest BCUT2D eigenvalue weighted by atomic mass is 19.1. The number of alkyl halides is 1. The Kier molecular flexibility index (Phi) is 7.80. The Morgan fingerprint density at radius 3 is 2.48 bits per heavy atom. The lowest BCUT2D eigenvalue weighted by Crippen LogP contribution is -2.37. The summed E-state index contributed by atoms with van der Waals surface area (Å²) in [4.78, 5) is 32.3. The first-order valence-electron chi connectivity index (χ1n) is 15.3. The third kappa shape index (κ3) is 6.11. The van der Waals surface area contributed by atoms with Gasteiger partial charge in [-0.25, -0.2) is 23.1 Å². The lowest BCUT2D eigenvalue weighted by molar-refractivity contribution is -0.120. The van der Waals surface area contributed by atoms with Crippen molar-refractivity contribution >= 4 is 23.3 Å². The third-order valence-electron chi connectivity index (χ3n) is 8.76. The van der Waals surface area contributed by atoms with Gasteiger partial charge >= 0.3 is 0 Å². The number of ether oxygens (including phenoxy) is 2. The van der Waals surface area contributed by atoms with Gasteiger partial charge in [0.25, 0.3) is 6.47 Å². The second-order valence-electron chi connectivity index (χ2n) is 12.1. The van der Waals surface area contributed by atoms with Gasteiger partial charge in [0.15, 0.2) is 5.78 Å². The number of benzene rings is 3. The van der Waals surface area contributed by atoms with Crippen LogP contribution < -0.4 is 9.47 Å². The van der Waals surface area contributed by atoms with Crippen LogP contribution in [0.4, 0.5) is 13.2 Å². The Morgan fingerprint density at radius 1 is 0.957 bits per heavy atom. The SMILES string of the molecule is O=COc1ccc2nc(Cc3ccc(-c4cccc(OCc5ccc(C(=O)C6CC6)cc5F)n4)cc3F)n(CC3(F)CCC3)c2c1. The van der Waals surface area contributed by atoms with E-state index < -0.39 is 17.3 Å². The Balaban J connectivity index is 1.09. The molecule has 2 aliphatic rings. The summed E-state index contributed by atoms with van der Waals surface area (Å²) in [5.74, 6) is 0.0413. The summed E-state index contributed by atoms with van der Waals surface area (Å²) in [7, 11) is 0. The monoisotopic (exact) mass is 625 g/mol. The maximum Gasteiger partial charge on any atom is 0.298 e.